The molecule has 2 bridgehead atoms. The average Bonchev–Trinajstić information content (AvgIpc) is 3.25. The van der Waals surface area contributed by atoms with Gasteiger partial charge in [-0.25, -0.2) is 0 Å². The summed E-state index contributed by atoms with van der Waals surface area (Å²) in [6, 6.07) is 5.32. The summed E-state index contributed by atoms with van der Waals surface area (Å²) in [7, 11) is 0. The molecule has 21 heavy (non-hydrogen) atoms. The lowest BCUT2D eigenvalue weighted by atomic mass is 9.58. The van der Waals surface area contributed by atoms with Crippen LogP contribution in [0.5, 0.6) is 5.75 Å². The highest BCUT2D eigenvalue weighted by molar-refractivity contribution is 6.03. The van der Waals surface area contributed by atoms with Crippen LogP contribution in [0.25, 0.3) is 0 Å². The molecule has 1 saturated carbocycles. The van der Waals surface area contributed by atoms with Crippen LogP contribution in [0.1, 0.15) is 49.0 Å². The van der Waals surface area contributed by atoms with E-state index in [0.717, 1.165) is 36.6 Å². The van der Waals surface area contributed by atoms with Gasteiger partial charge in [0, 0.05) is 12.1 Å². The quantitative estimate of drug-likeness (QED) is 0.908. The van der Waals surface area contributed by atoms with Crippen molar-refractivity contribution in [3.63, 3.8) is 0 Å². The number of hydrogen-bond donors (Lipinski definition) is 1. The number of hydrogen-bond acceptors (Lipinski definition) is 3. The van der Waals surface area contributed by atoms with Gasteiger partial charge < -0.3 is 5.11 Å². The number of aromatic hydroxyl groups is 1. The molecule has 1 N–H and O–H groups in total. The third-order valence-corrected chi connectivity index (χ3v) is 6.13. The average molecular weight is 285 g/mol. The van der Waals surface area contributed by atoms with Gasteiger partial charge in [0.2, 0.25) is 0 Å². The van der Waals surface area contributed by atoms with Crippen molar-refractivity contribution in [2.45, 2.75) is 44.6 Å². The lowest BCUT2D eigenvalue weighted by Crippen LogP contribution is -2.61. The molecule has 112 valence electrons. The Hall–Kier alpha value is -1.35. The van der Waals surface area contributed by atoms with E-state index in [9.17, 15) is 9.90 Å². The summed E-state index contributed by atoms with van der Waals surface area (Å²) in [6.45, 7) is 6.57. The van der Waals surface area contributed by atoms with Crippen LogP contribution in [0.15, 0.2) is 18.2 Å². The number of nitrogens with zero attached hydrogens (tertiary/aromatic N) is 1. The lowest BCUT2D eigenvalue weighted by Gasteiger charge is -2.53. The molecule has 0 spiro atoms. The van der Waals surface area contributed by atoms with Gasteiger partial charge in [-0.15, -0.1) is 0 Å². The number of rotatable bonds is 2. The van der Waals surface area contributed by atoms with Crippen molar-refractivity contribution in [3.8, 4) is 5.75 Å². The van der Waals surface area contributed by atoms with Gasteiger partial charge in [0.05, 0.1) is 6.04 Å². The summed E-state index contributed by atoms with van der Waals surface area (Å²) in [5, 5.41) is 9.83. The fourth-order valence-electron chi connectivity index (χ4n) is 4.40. The van der Waals surface area contributed by atoms with Crippen LogP contribution in [0.2, 0.25) is 0 Å². The first-order valence-electron chi connectivity index (χ1n) is 8.12. The Kier molecular flexibility index (Phi) is 2.74. The van der Waals surface area contributed by atoms with Gasteiger partial charge in [-0.1, -0.05) is 13.8 Å². The molecule has 1 unspecified atom stereocenters. The van der Waals surface area contributed by atoms with Crippen LogP contribution in [0.4, 0.5) is 0 Å². The smallest absolute Gasteiger partial charge is 0.180 e. The normalized spacial score (nSPS) is 35.6. The van der Waals surface area contributed by atoms with Gasteiger partial charge in [0.25, 0.3) is 0 Å². The minimum Gasteiger partial charge on any atom is -0.508 e. The maximum atomic E-state index is 13.0. The highest BCUT2D eigenvalue weighted by Crippen LogP contribution is 2.49. The van der Waals surface area contributed by atoms with E-state index in [0.29, 0.717) is 5.92 Å². The zero-order chi connectivity index (χ0) is 14.8. The number of ketones is 1. The molecular weight excluding hydrogens is 262 g/mol. The molecule has 3 heteroatoms. The van der Waals surface area contributed by atoms with Gasteiger partial charge in [0.1, 0.15) is 5.75 Å². The van der Waals surface area contributed by atoms with Crippen molar-refractivity contribution in [1.82, 2.24) is 4.90 Å². The Morgan fingerprint density at radius 3 is 2.86 bits per heavy atom. The second kappa shape index (κ2) is 4.33. The monoisotopic (exact) mass is 285 g/mol. The van der Waals surface area contributed by atoms with E-state index < -0.39 is 0 Å². The third-order valence-electron chi connectivity index (χ3n) is 6.13. The summed E-state index contributed by atoms with van der Waals surface area (Å²) in [5.41, 5.74) is 1.90. The minimum atomic E-state index is 0.00665. The maximum absolute atomic E-state index is 13.0. The molecule has 0 aromatic heterocycles. The van der Waals surface area contributed by atoms with Crippen LogP contribution in [0, 0.1) is 11.8 Å². The summed E-state index contributed by atoms with van der Waals surface area (Å²) in [6.07, 6.45) is 3.72. The van der Waals surface area contributed by atoms with Gasteiger partial charge in [-0.3, -0.25) is 9.69 Å². The maximum Gasteiger partial charge on any atom is 0.180 e. The number of likely N-dealkylation sites (tertiary alicyclic amines) is 1. The lowest BCUT2D eigenvalue weighted by molar-refractivity contribution is 0.0265. The summed E-state index contributed by atoms with van der Waals surface area (Å²) in [5.74, 6) is 1.66. The van der Waals surface area contributed by atoms with Crippen LogP contribution >= 0.6 is 0 Å². The van der Waals surface area contributed by atoms with Gasteiger partial charge in [-0.05, 0) is 66.8 Å². The molecule has 0 amide bonds. The molecule has 3 nitrogen and oxygen atoms in total. The number of phenols is 1. The zero-order valence-corrected chi connectivity index (χ0v) is 12.8. The number of piperidine rings is 1. The Bertz CT molecular complexity index is 607. The predicted molar refractivity (Wildman–Crippen MR) is 81.7 cm³/mol. The van der Waals surface area contributed by atoms with Gasteiger partial charge in [0.15, 0.2) is 5.78 Å². The summed E-state index contributed by atoms with van der Waals surface area (Å²) >= 11 is 0. The summed E-state index contributed by atoms with van der Waals surface area (Å²) in [4.78, 5) is 15.4. The van der Waals surface area contributed by atoms with Gasteiger partial charge >= 0.3 is 0 Å². The molecule has 2 aliphatic carbocycles. The molecular formula is C18H23NO2. The molecule has 3 atom stereocenters. The number of benzene rings is 1. The Labute approximate surface area is 126 Å². The van der Waals surface area contributed by atoms with Crippen LogP contribution in [0.3, 0.4) is 0 Å². The van der Waals surface area contributed by atoms with Crippen molar-refractivity contribution in [1.29, 1.82) is 0 Å². The second-order valence-corrected chi connectivity index (χ2v) is 7.43. The standard InChI is InChI=1S/C18H23NO2/c1-11-16-17(21)14-6-5-13(20)9-15(14)18(11,2)7-8-19(16)10-12-3-4-12/h5-6,9,11-12,16,20H,3-4,7-8,10H2,1-2H3/t11?,16-,18-/m0/s1. The largest absolute Gasteiger partial charge is 0.508 e. The predicted octanol–water partition coefficient (Wildman–Crippen LogP) is 2.97. The Morgan fingerprint density at radius 2 is 2.14 bits per heavy atom. The number of carbonyl (C=O) groups excluding carboxylic acids is 1. The molecule has 1 saturated heterocycles. The number of Topliss-reactive ketones (excluding diaryl/α,β-unsaturated/α-hetero) is 1. The fourth-order valence-corrected chi connectivity index (χ4v) is 4.40. The zero-order valence-electron chi connectivity index (χ0n) is 12.8. The molecule has 1 aromatic carbocycles. The van der Waals surface area contributed by atoms with Crippen molar-refractivity contribution in [2.75, 3.05) is 13.1 Å². The Balaban J connectivity index is 1.79. The first kappa shape index (κ1) is 13.3. The van der Waals surface area contributed by atoms with E-state index in [1.807, 2.05) is 12.1 Å². The van der Waals surface area contributed by atoms with E-state index in [2.05, 4.69) is 18.7 Å². The highest BCUT2D eigenvalue weighted by atomic mass is 16.3. The second-order valence-electron chi connectivity index (χ2n) is 7.43. The van der Waals surface area contributed by atoms with Crippen LogP contribution in [-0.4, -0.2) is 34.9 Å². The number of carbonyl (C=O) groups is 1. The first-order valence-corrected chi connectivity index (χ1v) is 8.12. The van der Waals surface area contributed by atoms with E-state index in [1.54, 1.807) is 6.07 Å². The number of fused-ring (bicyclic) bond motifs is 4. The van der Waals surface area contributed by atoms with Gasteiger partial charge in [-0.2, -0.15) is 0 Å². The molecule has 0 radical (unpaired) electrons. The molecule has 2 fully saturated rings. The van der Waals surface area contributed by atoms with Crippen molar-refractivity contribution in [3.05, 3.63) is 29.3 Å². The SMILES string of the molecule is CC1[C@H]2C(=O)c3ccc(O)cc3[C@@]1(C)CCN2CC1CC1. The van der Waals surface area contributed by atoms with Crippen LogP contribution < -0.4 is 0 Å². The fraction of sp³-hybridized carbons (Fsp3) is 0.611. The summed E-state index contributed by atoms with van der Waals surface area (Å²) < 4.78 is 0. The van der Waals surface area contributed by atoms with E-state index >= 15 is 0 Å². The van der Waals surface area contributed by atoms with Crippen molar-refractivity contribution in [2.24, 2.45) is 11.8 Å². The molecule has 1 aliphatic heterocycles. The molecule has 3 aliphatic rings. The van der Waals surface area contributed by atoms with Crippen molar-refractivity contribution >= 4 is 5.78 Å². The van der Waals surface area contributed by atoms with Crippen LogP contribution in [-0.2, 0) is 5.41 Å². The molecule has 1 aromatic rings. The van der Waals surface area contributed by atoms with Crippen molar-refractivity contribution < 1.29 is 9.90 Å². The Morgan fingerprint density at radius 1 is 1.38 bits per heavy atom. The highest BCUT2D eigenvalue weighted by Gasteiger charge is 2.52. The first-order chi connectivity index (χ1) is 10.0. The van der Waals surface area contributed by atoms with E-state index in [-0.39, 0.29) is 23.0 Å². The van der Waals surface area contributed by atoms with E-state index in [1.165, 1.54) is 12.8 Å². The minimum absolute atomic E-state index is 0.00665. The molecule has 4 rings (SSSR count). The molecule has 1 heterocycles. The number of phenolic OH excluding ortho intramolecular Hbond substituents is 1. The topological polar surface area (TPSA) is 40.5 Å². The third kappa shape index (κ3) is 1.87. The van der Waals surface area contributed by atoms with E-state index in [4.69, 9.17) is 0 Å².